The molecule has 0 spiro atoms. The maximum atomic E-state index is 12.8. The van der Waals surface area contributed by atoms with Crippen LogP contribution >= 0.6 is 24.2 Å². The summed E-state index contributed by atoms with van der Waals surface area (Å²) in [4.78, 5) is 45.7. The van der Waals surface area contributed by atoms with Crippen molar-refractivity contribution >= 4 is 48.4 Å². The van der Waals surface area contributed by atoms with Crippen molar-refractivity contribution in [2.24, 2.45) is 10.4 Å². The second-order valence-electron chi connectivity index (χ2n) is 9.68. The Morgan fingerprint density at radius 2 is 1.77 bits per heavy atom. The molecule has 0 bridgehead atoms. The zero-order valence-corrected chi connectivity index (χ0v) is 20.6. The van der Waals surface area contributed by atoms with Gasteiger partial charge in [-0.1, -0.05) is 12.8 Å². The fourth-order valence-electron chi connectivity index (χ4n) is 3.92. The quantitative estimate of drug-likeness (QED) is 0.198. The zero-order valence-electron chi connectivity index (χ0n) is 19.0. The van der Waals surface area contributed by atoms with Crippen LogP contribution in [0.2, 0.25) is 0 Å². The first-order valence-corrected chi connectivity index (χ1v) is 11.5. The highest BCUT2D eigenvalue weighted by Crippen LogP contribution is 2.51. The third-order valence-electron chi connectivity index (χ3n) is 5.67. The Morgan fingerprint density at radius 3 is 2.35 bits per heavy atom. The summed E-state index contributed by atoms with van der Waals surface area (Å²) in [6, 6.07) is -1.19. The van der Waals surface area contributed by atoms with E-state index in [2.05, 4.69) is 9.89 Å². The molecule has 3 atom stereocenters. The van der Waals surface area contributed by atoms with Gasteiger partial charge in [-0.25, -0.2) is 4.79 Å². The van der Waals surface area contributed by atoms with Crippen molar-refractivity contribution in [3.63, 3.8) is 0 Å². The summed E-state index contributed by atoms with van der Waals surface area (Å²) >= 11 is 1.56. The molecule has 10 heteroatoms. The van der Waals surface area contributed by atoms with Gasteiger partial charge in [0.1, 0.15) is 11.4 Å². The van der Waals surface area contributed by atoms with Crippen LogP contribution in [-0.4, -0.2) is 76.1 Å². The number of hydrogen-bond acceptors (Lipinski definition) is 7. The number of aliphatic imine (C=N–C) groups is 1. The lowest BCUT2D eigenvalue weighted by molar-refractivity contribution is -0.179. The number of likely N-dealkylation sites (tertiary alicyclic amines) is 1. The van der Waals surface area contributed by atoms with Crippen LogP contribution in [0, 0.1) is 5.41 Å². The van der Waals surface area contributed by atoms with Crippen molar-refractivity contribution in [3.8, 4) is 0 Å². The Morgan fingerprint density at radius 1 is 1.16 bits per heavy atom. The molecular formula is C21H34ClN3O5S. The van der Waals surface area contributed by atoms with E-state index < -0.39 is 41.0 Å². The molecule has 1 amide bonds. The number of esters is 2. The van der Waals surface area contributed by atoms with Crippen LogP contribution < -0.4 is 0 Å². The van der Waals surface area contributed by atoms with Crippen LogP contribution in [0.3, 0.4) is 0 Å². The van der Waals surface area contributed by atoms with Crippen LogP contribution in [0.4, 0.5) is 0 Å². The van der Waals surface area contributed by atoms with Crippen molar-refractivity contribution in [2.45, 2.75) is 82.5 Å². The largest absolute Gasteiger partial charge is 0.427 e. The molecule has 0 N–H and O–H groups in total. The molecule has 3 heterocycles. The lowest BCUT2D eigenvalue weighted by Crippen LogP contribution is -2.65. The number of fused-ring (bicyclic) bond motifs is 1. The Labute approximate surface area is 194 Å². The van der Waals surface area contributed by atoms with Gasteiger partial charge in [-0.2, -0.15) is 0 Å². The molecule has 0 saturated carbocycles. The van der Waals surface area contributed by atoms with Gasteiger partial charge in [0.05, 0.1) is 11.8 Å². The molecule has 3 fully saturated rings. The van der Waals surface area contributed by atoms with E-state index in [1.54, 1.807) is 37.4 Å². The average Bonchev–Trinajstić information content (AvgIpc) is 2.80. The first kappa shape index (κ1) is 25.8. The summed E-state index contributed by atoms with van der Waals surface area (Å²) in [6.45, 7) is 10.5. The molecule has 0 aromatic carbocycles. The van der Waals surface area contributed by atoms with Crippen molar-refractivity contribution in [1.82, 2.24) is 9.80 Å². The van der Waals surface area contributed by atoms with E-state index in [0.717, 1.165) is 25.9 Å². The van der Waals surface area contributed by atoms with Crippen LogP contribution in [0.1, 0.15) is 60.3 Å². The second kappa shape index (κ2) is 9.98. The molecular weight excluding hydrogens is 442 g/mol. The Balaban J connectivity index is 0.00000341. The summed E-state index contributed by atoms with van der Waals surface area (Å²) in [5, 5.41) is -0.176. The third kappa shape index (κ3) is 5.66. The predicted octanol–water partition coefficient (Wildman–Crippen LogP) is 2.83. The molecule has 31 heavy (non-hydrogen) atoms. The number of halogens is 1. The van der Waals surface area contributed by atoms with E-state index in [-0.39, 0.29) is 23.7 Å². The number of rotatable bonds is 5. The summed E-state index contributed by atoms with van der Waals surface area (Å²) in [6.07, 6.45) is 6.59. The van der Waals surface area contributed by atoms with Crippen LogP contribution in [0.15, 0.2) is 4.99 Å². The highest BCUT2D eigenvalue weighted by Gasteiger charge is 2.64. The fourth-order valence-corrected chi connectivity index (χ4v) is 5.54. The van der Waals surface area contributed by atoms with Gasteiger partial charge in [0, 0.05) is 17.8 Å². The molecule has 3 rings (SSSR count). The number of carbonyl (C=O) groups excluding carboxylic acids is 3. The van der Waals surface area contributed by atoms with Crippen molar-refractivity contribution in [2.75, 3.05) is 19.9 Å². The smallest absolute Gasteiger partial charge is 0.333 e. The van der Waals surface area contributed by atoms with Gasteiger partial charge >= 0.3 is 11.9 Å². The average molecular weight is 476 g/mol. The van der Waals surface area contributed by atoms with Gasteiger partial charge in [0.15, 0.2) is 6.04 Å². The lowest BCUT2D eigenvalue weighted by atomic mass is 9.96. The maximum Gasteiger partial charge on any atom is 0.333 e. The number of nitrogens with zero attached hydrogens (tertiary/aromatic N) is 3. The van der Waals surface area contributed by atoms with Gasteiger partial charge in [-0.15, -0.1) is 24.2 Å². The van der Waals surface area contributed by atoms with Gasteiger partial charge < -0.3 is 19.3 Å². The summed E-state index contributed by atoms with van der Waals surface area (Å²) in [5.74, 6) is -1.16. The molecule has 3 unspecified atom stereocenters. The first-order valence-electron chi connectivity index (χ1n) is 10.6. The SMILES string of the molecule is CC(C)(C)C(=O)OCOC(=O)C1N2C(=O)C(N=CN3CCCCCC3)C2SC1(C)C.Cl. The van der Waals surface area contributed by atoms with Crippen molar-refractivity contribution in [3.05, 3.63) is 0 Å². The fraction of sp³-hybridized carbons (Fsp3) is 0.810. The molecule has 176 valence electrons. The second-order valence-corrected chi connectivity index (χ2v) is 11.5. The van der Waals surface area contributed by atoms with E-state index in [4.69, 9.17) is 9.47 Å². The number of amides is 1. The topological polar surface area (TPSA) is 88.5 Å². The third-order valence-corrected chi connectivity index (χ3v) is 7.23. The Bertz CT molecular complexity index is 716. The number of hydrogen-bond donors (Lipinski definition) is 0. The van der Waals surface area contributed by atoms with Crippen LogP contribution in [-0.2, 0) is 23.9 Å². The lowest BCUT2D eigenvalue weighted by Gasteiger charge is -2.41. The van der Waals surface area contributed by atoms with E-state index >= 15 is 0 Å². The van der Waals surface area contributed by atoms with E-state index in [1.165, 1.54) is 12.8 Å². The van der Waals surface area contributed by atoms with Gasteiger partial charge in [-0.3, -0.25) is 14.6 Å². The van der Waals surface area contributed by atoms with E-state index in [9.17, 15) is 14.4 Å². The summed E-state index contributed by atoms with van der Waals surface area (Å²) in [7, 11) is 0. The minimum atomic E-state index is -0.724. The molecule has 0 radical (unpaired) electrons. The molecule has 3 saturated heterocycles. The molecule has 0 aromatic rings. The molecule has 0 aliphatic carbocycles. The zero-order chi connectivity index (χ0) is 22.1. The minimum Gasteiger partial charge on any atom is -0.427 e. The normalized spacial score (nSPS) is 27.8. The van der Waals surface area contributed by atoms with Crippen LogP contribution in [0.25, 0.3) is 0 Å². The number of thioether (sulfide) groups is 1. The summed E-state index contributed by atoms with van der Waals surface area (Å²) in [5.41, 5.74) is -0.675. The minimum absolute atomic E-state index is 0. The Hall–Kier alpha value is -1.48. The number of ether oxygens (including phenoxy) is 2. The van der Waals surface area contributed by atoms with Crippen LogP contribution in [0.5, 0.6) is 0 Å². The molecule has 8 nitrogen and oxygen atoms in total. The molecule has 0 aromatic heterocycles. The van der Waals surface area contributed by atoms with Crippen molar-refractivity contribution < 1.29 is 23.9 Å². The summed E-state index contributed by atoms with van der Waals surface area (Å²) < 4.78 is 9.71. The van der Waals surface area contributed by atoms with E-state index in [1.807, 2.05) is 20.2 Å². The first-order chi connectivity index (χ1) is 14.0. The maximum absolute atomic E-state index is 12.8. The molecule has 3 aliphatic rings. The van der Waals surface area contributed by atoms with Crippen molar-refractivity contribution in [1.29, 1.82) is 0 Å². The van der Waals surface area contributed by atoms with E-state index in [0.29, 0.717) is 0 Å². The van der Waals surface area contributed by atoms with Gasteiger partial charge in [-0.05, 0) is 47.5 Å². The number of carbonyl (C=O) groups is 3. The molecule has 3 aliphatic heterocycles. The highest BCUT2D eigenvalue weighted by atomic mass is 35.5. The monoisotopic (exact) mass is 475 g/mol. The van der Waals surface area contributed by atoms with Gasteiger partial charge in [0.2, 0.25) is 6.79 Å². The van der Waals surface area contributed by atoms with Gasteiger partial charge in [0.25, 0.3) is 5.91 Å². The predicted molar refractivity (Wildman–Crippen MR) is 122 cm³/mol. The number of β-lactam (4-membered cyclic amide) rings is 1. The highest BCUT2D eigenvalue weighted by molar-refractivity contribution is 8.01. The Kier molecular flexibility index (Phi) is 8.30. The standard InChI is InChI=1S/C21H33N3O5S.ClH/c1-20(2,3)19(27)29-13-28-18(26)15-21(4,5)30-17-14(16(25)24(15)17)22-12-23-10-8-6-7-9-11-23;/h12,14-15,17H,6-11,13H2,1-5H3;1H.